The van der Waals surface area contributed by atoms with Gasteiger partial charge in [0.1, 0.15) is 0 Å². The quantitative estimate of drug-likeness (QED) is 0.603. The molecule has 0 aliphatic heterocycles. The van der Waals surface area contributed by atoms with Crippen molar-refractivity contribution < 1.29 is 19.0 Å². The predicted molar refractivity (Wildman–Crippen MR) is 112 cm³/mol. The van der Waals surface area contributed by atoms with E-state index < -0.39 is 0 Å². The average molecular weight is 393 g/mol. The Morgan fingerprint density at radius 1 is 0.931 bits per heavy atom. The Hall–Kier alpha value is -3.74. The molecule has 1 amide bonds. The first-order valence-electron chi connectivity index (χ1n) is 8.98. The molecule has 0 fully saturated rings. The zero-order valence-electron chi connectivity index (χ0n) is 16.6. The fourth-order valence-corrected chi connectivity index (χ4v) is 2.79. The van der Waals surface area contributed by atoms with Crippen LogP contribution in [-0.4, -0.2) is 32.2 Å². The molecule has 1 heterocycles. The van der Waals surface area contributed by atoms with Gasteiger partial charge in [-0.05, 0) is 48.0 Å². The number of aromatic nitrogens is 1. The number of amides is 1. The molecule has 3 aromatic rings. The Kier molecular flexibility index (Phi) is 6.52. The van der Waals surface area contributed by atoms with E-state index in [0.29, 0.717) is 35.0 Å². The Labute approximate surface area is 169 Å². The van der Waals surface area contributed by atoms with Gasteiger partial charge in [-0.2, -0.15) is 0 Å². The van der Waals surface area contributed by atoms with E-state index in [9.17, 15) is 4.79 Å². The molecule has 0 unspecified atom stereocenters. The molecule has 0 aliphatic rings. The van der Waals surface area contributed by atoms with E-state index in [0.717, 1.165) is 11.3 Å². The first-order valence-corrected chi connectivity index (χ1v) is 8.98. The number of nitrogens with zero attached hydrogens (tertiary/aromatic N) is 1. The lowest BCUT2D eigenvalue weighted by Crippen LogP contribution is -2.12. The molecule has 3 rings (SSSR count). The van der Waals surface area contributed by atoms with Crippen LogP contribution in [0, 0.1) is 0 Å². The third-order valence-corrected chi connectivity index (χ3v) is 4.29. The number of carbonyl (C=O) groups excluding carboxylic acids is 1. The maximum Gasteiger partial charge on any atom is 0.255 e. The maximum absolute atomic E-state index is 12.7. The lowest BCUT2D eigenvalue weighted by Gasteiger charge is -2.14. The molecule has 0 saturated carbocycles. The summed E-state index contributed by atoms with van der Waals surface area (Å²) in [5.41, 5.74) is 3.11. The van der Waals surface area contributed by atoms with E-state index in [1.807, 2.05) is 42.6 Å². The number of nitrogens with one attached hydrogen (secondary N) is 2. The highest BCUT2D eigenvalue weighted by atomic mass is 16.5. The SMILES string of the molecule is COc1cc(C(=O)Nc2ccc(NCc3cccnc3)cc2)cc(OC)c1OC. The van der Waals surface area contributed by atoms with Gasteiger partial charge in [-0.25, -0.2) is 0 Å². The van der Waals surface area contributed by atoms with Gasteiger partial charge in [-0.1, -0.05) is 6.07 Å². The number of carbonyl (C=O) groups is 1. The average Bonchev–Trinajstić information content (AvgIpc) is 2.78. The first kappa shape index (κ1) is 20.0. The van der Waals surface area contributed by atoms with Gasteiger partial charge in [-0.15, -0.1) is 0 Å². The molecular weight excluding hydrogens is 370 g/mol. The van der Waals surface area contributed by atoms with Crippen LogP contribution in [0.25, 0.3) is 0 Å². The molecule has 2 aromatic carbocycles. The highest BCUT2D eigenvalue weighted by molar-refractivity contribution is 6.05. The lowest BCUT2D eigenvalue weighted by molar-refractivity contribution is 0.102. The van der Waals surface area contributed by atoms with Crippen LogP contribution in [-0.2, 0) is 6.54 Å². The largest absolute Gasteiger partial charge is 0.493 e. The van der Waals surface area contributed by atoms with Crippen LogP contribution < -0.4 is 24.8 Å². The van der Waals surface area contributed by atoms with E-state index in [4.69, 9.17) is 14.2 Å². The zero-order chi connectivity index (χ0) is 20.6. The van der Waals surface area contributed by atoms with E-state index >= 15 is 0 Å². The summed E-state index contributed by atoms with van der Waals surface area (Å²) < 4.78 is 15.9. The number of rotatable bonds is 8. The Bertz CT molecular complexity index is 935. The molecule has 29 heavy (non-hydrogen) atoms. The lowest BCUT2D eigenvalue weighted by atomic mass is 10.1. The highest BCUT2D eigenvalue weighted by Gasteiger charge is 2.17. The zero-order valence-corrected chi connectivity index (χ0v) is 16.6. The van der Waals surface area contributed by atoms with E-state index in [2.05, 4.69) is 15.6 Å². The van der Waals surface area contributed by atoms with Gasteiger partial charge < -0.3 is 24.8 Å². The minimum Gasteiger partial charge on any atom is -0.493 e. The van der Waals surface area contributed by atoms with Crippen molar-refractivity contribution in [2.45, 2.75) is 6.54 Å². The van der Waals surface area contributed by atoms with Crippen molar-refractivity contribution >= 4 is 17.3 Å². The highest BCUT2D eigenvalue weighted by Crippen LogP contribution is 2.38. The number of hydrogen-bond acceptors (Lipinski definition) is 6. The summed E-state index contributed by atoms with van der Waals surface area (Å²) in [4.78, 5) is 16.8. The standard InChI is InChI=1S/C22H23N3O4/c1-27-19-11-16(12-20(28-2)21(19)29-3)22(26)25-18-8-6-17(7-9-18)24-14-15-5-4-10-23-13-15/h4-13,24H,14H2,1-3H3,(H,25,26). The fourth-order valence-electron chi connectivity index (χ4n) is 2.79. The van der Waals surface area contributed by atoms with Gasteiger partial charge in [0, 0.05) is 35.9 Å². The second-order valence-electron chi connectivity index (χ2n) is 6.16. The summed E-state index contributed by atoms with van der Waals surface area (Å²) in [5.74, 6) is 1.01. The summed E-state index contributed by atoms with van der Waals surface area (Å²) >= 11 is 0. The van der Waals surface area contributed by atoms with Crippen LogP contribution in [0.3, 0.4) is 0 Å². The molecule has 0 saturated heterocycles. The van der Waals surface area contributed by atoms with Crippen molar-refractivity contribution in [1.29, 1.82) is 0 Å². The van der Waals surface area contributed by atoms with E-state index in [1.165, 1.54) is 21.3 Å². The summed E-state index contributed by atoms with van der Waals surface area (Å²) in [6.07, 6.45) is 3.56. The van der Waals surface area contributed by atoms with Crippen molar-refractivity contribution in [3.63, 3.8) is 0 Å². The monoisotopic (exact) mass is 393 g/mol. The predicted octanol–water partition coefficient (Wildman–Crippen LogP) is 3.97. The molecule has 150 valence electrons. The maximum atomic E-state index is 12.7. The van der Waals surface area contributed by atoms with Gasteiger partial charge >= 0.3 is 0 Å². The topological polar surface area (TPSA) is 81.7 Å². The van der Waals surface area contributed by atoms with Gasteiger partial charge in [0.25, 0.3) is 5.91 Å². The Morgan fingerprint density at radius 3 is 2.14 bits per heavy atom. The summed E-state index contributed by atoms with van der Waals surface area (Å²) in [5, 5.41) is 6.19. The smallest absolute Gasteiger partial charge is 0.255 e. The van der Waals surface area contributed by atoms with Crippen LogP contribution in [0.5, 0.6) is 17.2 Å². The normalized spacial score (nSPS) is 10.2. The second kappa shape index (κ2) is 9.45. The number of hydrogen-bond donors (Lipinski definition) is 2. The van der Waals surface area contributed by atoms with Crippen LogP contribution in [0.2, 0.25) is 0 Å². The van der Waals surface area contributed by atoms with Gasteiger partial charge in [0.15, 0.2) is 11.5 Å². The minimum absolute atomic E-state index is 0.277. The number of pyridine rings is 1. The number of ether oxygens (including phenoxy) is 3. The number of benzene rings is 2. The van der Waals surface area contributed by atoms with Crippen molar-refractivity contribution in [3.05, 3.63) is 72.1 Å². The number of methoxy groups -OCH3 is 3. The summed E-state index contributed by atoms with van der Waals surface area (Å²) in [7, 11) is 4.54. The van der Waals surface area contributed by atoms with Crippen molar-refractivity contribution in [1.82, 2.24) is 4.98 Å². The first-order chi connectivity index (χ1) is 14.1. The van der Waals surface area contributed by atoms with Gasteiger partial charge in [-0.3, -0.25) is 9.78 Å². The second-order valence-corrected chi connectivity index (χ2v) is 6.16. The molecule has 7 nitrogen and oxygen atoms in total. The van der Waals surface area contributed by atoms with Crippen molar-refractivity contribution in [2.24, 2.45) is 0 Å². The van der Waals surface area contributed by atoms with Gasteiger partial charge in [0.2, 0.25) is 5.75 Å². The molecule has 0 radical (unpaired) electrons. The third-order valence-electron chi connectivity index (χ3n) is 4.29. The third kappa shape index (κ3) is 4.95. The van der Waals surface area contributed by atoms with Crippen LogP contribution in [0.15, 0.2) is 60.9 Å². The van der Waals surface area contributed by atoms with Crippen molar-refractivity contribution in [3.8, 4) is 17.2 Å². The molecule has 0 bridgehead atoms. The minimum atomic E-state index is -0.277. The molecule has 0 atom stereocenters. The molecule has 0 aliphatic carbocycles. The molecule has 7 heteroatoms. The Morgan fingerprint density at radius 2 is 1.59 bits per heavy atom. The molecule has 1 aromatic heterocycles. The van der Waals surface area contributed by atoms with E-state index in [-0.39, 0.29) is 5.91 Å². The number of anilines is 2. The summed E-state index contributed by atoms with van der Waals surface area (Å²) in [6.45, 7) is 0.672. The van der Waals surface area contributed by atoms with Crippen LogP contribution in [0.4, 0.5) is 11.4 Å². The van der Waals surface area contributed by atoms with Crippen molar-refractivity contribution in [2.75, 3.05) is 32.0 Å². The molecular formula is C22H23N3O4. The van der Waals surface area contributed by atoms with E-state index in [1.54, 1.807) is 18.3 Å². The molecule has 0 spiro atoms. The molecule has 2 N–H and O–H groups in total. The van der Waals surface area contributed by atoms with Crippen LogP contribution in [0.1, 0.15) is 15.9 Å². The summed E-state index contributed by atoms with van der Waals surface area (Å²) in [6, 6.07) is 14.6. The van der Waals surface area contributed by atoms with Crippen LogP contribution >= 0.6 is 0 Å². The van der Waals surface area contributed by atoms with Gasteiger partial charge in [0.05, 0.1) is 21.3 Å². The fraction of sp³-hybridized carbons (Fsp3) is 0.182. The Balaban J connectivity index is 1.67.